The van der Waals surface area contributed by atoms with Gasteiger partial charge in [0, 0.05) is 25.8 Å². The summed E-state index contributed by atoms with van der Waals surface area (Å²) in [6, 6.07) is 0.249. The summed E-state index contributed by atoms with van der Waals surface area (Å²) < 4.78 is 0. The third kappa shape index (κ3) is 13.5. The summed E-state index contributed by atoms with van der Waals surface area (Å²) >= 11 is 0. The van der Waals surface area contributed by atoms with E-state index in [1.54, 1.807) is 0 Å². The van der Waals surface area contributed by atoms with Crippen molar-refractivity contribution in [2.24, 2.45) is 0 Å². The number of rotatable bonds is 0. The fourth-order valence-corrected chi connectivity index (χ4v) is 2.16. The molecule has 1 N–H and O–H groups in total. The topological polar surface area (TPSA) is 23.8 Å². The Balaban J connectivity index is -0.000000563. The van der Waals surface area contributed by atoms with Crippen LogP contribution in [0.2, 0.25) is 0 Å². The molecule has 1 nitrogen and oxygen atoms in total. The van der Waals surface area contributed by atoms with E-state index in [1.165, 1.54) is 57.8 Å². The first-order valence-corrected chi connectivity index (χ1v) is 6.11. The molecule has 0 radical (unpaired) electrons. The van der Waals surface area contributed by atoms with Crippen LogP contribution in [-0.2, 0) is 25.8 Å². The van der Waals surface area contributed by atoms with Crippen molar-refractivity contribution in [3.63, 3.8) is 0 Å². The summed E-state index contributed by atoms with van der Waals surface area (Å²) in [5.41, 5.74) is 7.80. The van der Waals surface area contributed by atoms with Gasteiger partial charge in [0.25, 0.3) is 0 Å². The van der Waals surface area contributed by atoms with Crippen LogP contribution in [-0.4, -0.2) is 6.04 Å². The first-order chi connectivity index (χ1) is 6.39. The molecule has 0 aromatic carbocycles. The molecule has 0 amide bonds. The average Bonchev–Trinajstić information content (AvgIpc) is 2.11. The third-order valence-electron chi connectivity index (χ3n) is 3.11. The summed E-state index contributed by atoms with van der Waals surface area (Å²) in [6.07, 6.45) is 14.8. The quantitative estimate of drug-likeness (QED) is 0.447. The second-order valence-electron chi connectivity index (χ2n) is 4.46. The van der Waals surface area contributed by atoms with Crippen LogP contribution in [0, 0.1) is 0 Å². The molecule has 1 fully saturated rings. The fourth-order valence-electron chi connectivity index (χ4n) is 2.16. The summed E-state index contributed by atoms with van der Waals surface area (Å²) in [7, 11) is 0. The second-order valence-corrected chi connectivity index (χ2v) is 4.46. The maximum atomic E-state index is 7.80. The molecule has 0 aromatic rings. The molecule has 0 aromatic heterocycles. The van der Waals surface area contributed by atoms with Gasteiger partial charge < -0.3 is 5.73 Å². The number of hydrogen-bond donors (Lipinski definition) is 0. The van der Waals surface area contributed by atoms with Crippen LogP contribution in [0.25, 0.3) is 5.73 Å². The molecule has 0 heterocycles. The van der Waals surface area contributed by atoms with Crippen molar-refractivity contribution >= 4 is 24.8 Å². The van der Waals surface area contributed by atoms with E-state index in [0.717, 1.165) is 12.8 Å². The van der Waals surface area contributed by atoms with Crippen LogP contribution < -0.4 is 0 Å². The van der Waals surface area contributed by atoms with Gasteiger partial charge in [-0.2, -0.15) is 0 Å². The van der Waals surface area contributed by atoms with Crippen LogP contribution >= 0.6 is 24.8 Å². The van der Waals surface area contributed by atoms with E-state index in [0.29, 0.717) is 0 Å². The van der Waals surface area contributed by atoms with E-state index < -0.39 is 0 Å². The summed E-state index contributed by atoms with van der Waals surface area (Å²) in [5.74, 6) is 0. The summed E-state index contributed by atoms with van der Waals surface area (Å²) in [6.45, 7) is 0. The predicted molar refractivity (Wildman–Crippen MR) is 73.4 cm³/mol. The Bertz CT molecular complexity index is 114. The minimum atomic E-state index is 0. The molecule has 1 rings (SSSR count). The zero-order chi connectivity index (χ0) is 9.36. The van der Waals surface area contributed by atoms with Gasteiger partial charge in [-0.25, -0.2) is 0 Å². The van der Waals surface area contributed by atoms with Gasteiger partial charge in [0.05, 0.1) is 0 Å². The molecule has 1 aliphatic rings. The van der Waals surface area contributed by atoms with Crippen molar-refractivity contribution in [2.75, 3.05) is 0 Å². The number of nitrogens with one attached hydrogen (secondary N) is 1. The van der Waals surface area contributed by atoms with Crippen molar-refractivity contribution in [3.05, 3.63) is 5.73 Å². The van der Waals surface area contributed by atoms with Crippen molar-refractivity contribution in [2.45, 2.75) is 76.7 Å². The molecule has 0 bridgehead atoms. The molecule has 0 spiro atoms. The maximum Gasteiger partial charge on any atom is 0 e. The van der Waals surface area contributed by atoms with E-state index in [-0.39, 0.29) is 56.7 Å². The monoisotopic (exact) mass is 434 g/mol. The van der Waals surface area contributed by atoms with Gasteiger partial charge in [-0.15, -0.1) is 30.9 Å². The van der Waals surface area contributed by atoms with Crippen molar-refractivity contribution in [1.82, 2.24) is 0 Å². The normalized spacial score (nSPS) is 20.1. The predicted octanol–water partition coefficient (Wildman–Crippen LogP) is 5.55. The Morgan fingerprint density at radius 2 is 0.812 bits per heavy atom. The van der Waals surface area contributed by atoms with Crippen LogP contribution in [0.4, 0.5) is 0 Å². The molecule has 0 aliphatic heterocycles. The van der Waals surface area contributed by atoms with Crippen LogP contribution in [0.3, 0.4) is 0 Å². The molecule has 4 heteroatoms. The molecule has 16 heavy (non-hydrogen) atoms. The molecule has 0 atom stereocenters. The molecule has 0 saturated heterocycles. The first kappa shape index (κ1) is 22.6. The van der Waals surface area contributed by atoms with Crippen LogP contribution in [0.1, 0.15) is 70.6 Å². The second kappa shape index (κ2) is 16.4. The van der Waals surface area contributed by atoms with Gasteiger partial charge in [-0.3, -0.25) is 0 Å². The Kier molecular flexibility index (Phi) is 23.2. The van der Waals surface area contributed by atoms with Gasteiger partial charge in [-0.1, -0.05) is 70.6 Å². The summed E-state index contributed by atoms with van der Waals surface area (Å²) in [5, 5.41) is 0. The molecule has 1 saturated carbocycles. The van der Waals surface area contributed by atoms with E-state index >= 15 is 0 Å². The van der Waals surface area contributed by atoms with Gasteiger partial charge >= 0.3 is 0 Å². The minimum Gasteiger partial charge on any atom is -0.675 e. The van der Waals surface area contributed by atoms with Crippen LogP contribution in [0.5, 0.6) is 0 Å². The average molecular weight is 434 g/mol. The minimum absolute atomic E-state index is 0. The van der Waals surface area contributed by atoms with Crippen molar-refractivity contribution in [3.8, 4) is 0 Å². The van der Waals surface area contributed by atoms with Crippen molar-refractivity contribution < 1.29 is 25.8 Å². The Labute approximate surface area is 132 Å². The Morgan fingerprint density at radius 3 is 1.12 bits per heavy atom. The molecule has 1 aliphatic carbocycles. The third-order valence-corrected chi connectivity index (χ3v) is 3.11. The smallest absolute Gasteiger partial charge is 0 e. The summed E-state index contributed by atoms with van der Waals surface area (Å²) in [4.78, 5) is 0. The largest absolute Gasteiger partial charge is 0.675 e. The zero-order valence-corrected chi connectivity index (χ0v) is 15.4. The Morgan fingerprint density at radius 1 is 0.562 bits per heavy atom. The van der Waals surface area contributed by atoms with E-state index in [9.17, 15) is 0 Å². The van der Waals surface area contributed by atoms with Gasteiger partial charge in [-0.05, 0) is 0 Å². The molecular weight excluding hydrogens is 408 g/mol. The van der Waals surface area contributed by atoms with Crippen molar-refractivity contribution in [1.29, 1.82) is 0 Å². The van der Waals surface area contributed by atoms with E-state index in [4.69, 9.17) is 5.73 Å². The first-order valence-electron chi connectivity index (χ1n) is 6.11. The SMILES string of the molecule is Cl.Cl.[Hf].[NH-]C1CCCCCCCCCCC1. The standard InChI is InChI=1S/C12H24N.2ClH.Hf/c13-12-10-8-6-4-2-1-3-5-7-9-11-12;;;/h12-13H,1-11H2;2*1H;/q-1;;;. The van der Waals surface area contributed by atoms with E-state index in [2.05, 4.69) is 0 Å². The van der Waals surface area contributed by atoms with E-state index in [1.807, 2.05) is 0 Å². The fraction of sp³-hybridized carbons (Fsp3) is 1.00. The zero-order valence-electron chi connectivity index (χ0n) is 10.2. The van der Waals surface area contributed by atoms with Gasteiger partial charge in [0.15, 0.2) is 0 Å². The maximum absolute atomic E-state index is 7.80. The van der Waals surface area contributed by atoms with Gasteiger partial charge in [0.2, 0.25) is 0 Å². The van der Waals surface area contributed by atoms with Gasteiger partial charge in [0.1, 0.15) is 0 Å². The van der Waals surface area contributed by atoms with Crippen LogP contribution in [0.15, 0.2) is 0 Å². The Hall–Kier alpha value is 1.41. The molecular formula is C12H26Cl2HfN-. The molecule has 98 valence electrons. The number of halogens is 2. The molecule has 0 unspecified atom stereocenters. The number of hydrogen-bond acceptors (Lipinski definition) is 0.